The Hall–Kier alpha value is -3.73. The summed E-state index contributed by atoms with van der Waals surface area (Å²) >= 11 is 1.21. The molecule has 0 spiro atoms. The van der Waals surface area contributed by atoms with Crippen LogP contribution in [0.4, 0.5) is 14.9 Å². The number of rotatable bonds is 11. The summed E-state index contributed by atoms with van der Waals surface area (Å²) in [4.78, 5) is 42.7. The molecular formula is C27H31FN4O5S. The molecule has 202 valence electrons. The van der Waals surface area contributed by atoms with Crippen molar-refractivity contribution >= 4 is 45.1 Å². The quantitative estimate of drug-likeness (QED) is 0.301. The Bertz CT molecular complexity index is 1330. The summed E-state index contributed by atoms with van der Waals surface area (Å²) in [5.41, 5.74) is 0.873. The van der Waals surface area contributed by atoms with Crippen molar-refractivity contribution in [1.29, 1.82) is 0 Å². The summed E-state index contributed by atoms with van der Waals surface area (Å²) in [6, 6.07) is 7.31. The third kappa shape index (κ3) is 7.18. The van der Waals surface area contributed by atoms with Crippen LogP contribution in [0.5, 0.6) is 11.5 Å². The van der Waals surface area contributed by atoms with Crippen LogP contribution in [-0.4, -0.2) is 53.5 Å². The third-order valence-electron chi connectivity index (χ3n) is 5.99. The van der Waals surface area contributed by atoms with Gasteiger partial charge in [-0.3, -0.25) is 14.6 Å². The van der Waals surface area contributed by atoms with Gasteiger partial charge in [-0.2, -0.15) is 0 Å². The number of ether oxygens (including phenoxy) is 2. The van der Waals surface area contributed by atoms with Crippen LogP contribution in [-0.2, 0) is 9.53 Å². The van der Waals surface area contributed by atoms with Gasteiger partial charge in [0.2, 0.25) is 0 Å². The normalized spacial score (nSPS) is 13.6. The van der Waals surface area contributed by atoms with Gasteiger partial charge in [0.1, 0.15) is 11.9 Å². The van der Waals surface area contributed by atoms with Gasteiger partial charge in [-0.15, -0.1) is 11.3 Å². The molecule has 0 saturated heterocycles. The van der Waals surface area contributed by atoms with Crippen molar-refractivity contribution in [1.82, 2.24) is 15.2 Å². The van der Waals surface area contributed by atoms with Gasteiger partial charge in [-0.05, 0) is 37.5 Å². The molecule has 4 rings (SSSR count). The lowest BCUT2D eigenvalue weighted by atomic mass is 10.1. The average molecular weight is 543 g/mol. The highest BCUT2D eigenvalue weighted by Crippen LogP contribution is 2.36. The van der Waals surface area contributed by atoms with Gasteiger partial charge >= 0.3 is 12.0 Å². The van der Waals surface area contributed by atoms with Crippen LogP contribution in [0.1, 0.15) is 55.6 Å². The van der Waals surface area contributed by atoms with Crippen molar-refractivity contribution < 1.29 is 28.2 Å². The number of hydrogen-bond donors (Lipinski definition) is 2. The predicted octanol–water partition coefficient (Wildman–Crippen LogP) is 5.71. The van der Waals surface area contributed by atoms with Crippen molar-refractivity contribution in [2.45, 2.75) is 58.1 Å². The zero-order valence-corrected chi connectivity index (χ0v) is 22.4. The highest BCUT2D eigenvalue weighted by Gasteiger charge is 2.23. The number of nitrogens with zero attached hydrogens (tertiary/aromatic N) is 2. The molecular weight excluding hydrogens is 511 g/mol. The minimum Gasteiger partial charge on any atom is -0.462 e. The molecule has 1 saturated carbocycles. The van der Waals surface area contributed by atoms with E-state index in [0.29, 0.717) is 39.5 Å². The standard InChI is InChI=1S/C27H31FN4O5S/c1-4-5-19(36-16(2)33)11-13-32(3)26(34)24-15-21-25(38-24)23(10-12-29-21)37-22-9-8-18(14-20(22)28)31-27(35)30-17-6-7-17/h8-10,12,14-15,17,19H,4-7,11,13H2,1-3H3,(H2,30,31,35). The van der Waals surface area contributed by atoms with E-state index in [0.717, 1.165) is 25.7 Å². The number of esters is 1. The summed E-state index contributed by atoms with van der Waals surface area (Å²) < 4.78 is 26.6. The van der Waals surface area contributed by atoms with E-state index in [2.05, 4.69) is 15.6 Å². The van der Waals surface area contributed by atoms with Gasteiger partial charge in [-0.1, -0.05) is 13.3 Å². The number of aromatic nitrogens is 1. The Labute approximate surface area is 224 Å². The molecule has 0 bridgehead atoms. The molecule has 9 nitrogen and oxygen atoms in total. The van der Waals surface area contributed by atoms with Crippen molar-refractivity contribution in [3.63, 3.8) is 0 Å². The second kappa shape index (κ2) is 12.2. The molecule has 11 heteroatoms. The molecule has 0 radical (unpaired) electrons. The zero-order valence-electron chi connectivity index (χ0n) is 21.6. The van der Waals surface area contributed by atoms with Crippen LogP contribution >= 0.6 is 11.3 Å². The molecule has 1 aromatic carbocycles. The van der Waals surface area contributed by atoms with E-state index in [4.69, 9.17) is 9.47 Å². The van der Waals surface area contributed by atoms with Crippen molar-refractivity contribution in [3.8, 4) is 11.5 Å². The van der Waals surface area contributed by atoms with E-state index in [1.54, 1.807) is 30.1 Å². The van der Waals surface area contributed by atoms with Crippen LogP contribution < -0.4 is 15.4 Å². The van der Waals surface area contributed by atoms with Gasteiger partial charge < -0.3 is 25.0 Å². The first-order chi connectivity index (χ1) is 18.2. The van der Waals surface area contributed by atoms with Gasteiger partial charge in [0, 0.05) is 57.0 Å². The van der Waals surface area contributed by atoms with Gasteiger partial charge in [0.25, 0.3) is 5.91 Å². The minimum absolute atomic E-state index is 0.0171. The van der Waals surface area contributed by atoms with Crippen LogP contribution in [0.15, 0.2) is 36.5 Å². The number of urea groups is 1. The highest BCUT2D eigenvalue weighted by molar-refractivity contribution is 7.21. The summed E-state index contributed by atoms with van der Waals surface area (Å²) in [5.74, 6) is -0.812. The molecule has 3 amide bonds. The molecule has 3 aromatic rings. The Kier molecular flexibility index (Phi) is 8.77. The van der Waals surface area contributed by atoms with Crippen LogP contribution in [0.25, 0.3) is 10.2 Å². The number of hydrogen-bond acceptors (Lipinski definition) is 7. The fourth-order valence-corrected chi connectivity index (χ4v) is 4.97. The minimum atomic E-state index is -0.638. The number of halogens is 1. The zero-order chi connectivity index (χ0) is 27.2. The van der Waals surface area contributed by atoms with E-state index in [1.807, 2.05) is 6.92 Å². The van der Waals surface area contributed by atoms with Crippen molar-refractivity contribution in [2.75, 3.05) is 18.9 Å². The Morgan fingerprint density at radius 1 is 1.18 bits per heavy atom. The molecule has 38 heavy (non-hydrogen) atoms. The topological polar surface area (TPSA) is 110 Å². The number of carbonyl (C=O) groups excluding carboxylic acids is 3. The molecule has 2 N–H and O–H groups in total. The Morgan fingerprint density at radius 2 is 1.97 bits per heavy atom. The molecule has 1 unspecified atom stereocenters. The molecule has 1 aliphatic carbocycles. The highest BCUT2D eigenvalue weighted by atomic mass is 32.1. The fourth-order valence-electron chi connectivity index (χ4n) is 3.91. The molecule has 2 heterocycles. The second-order valence-corrected chi connectivity index (χ2v) is 10.3. The summed E-state index contributed by atoms with van der Waals surface area (Å²) in [7, 11) is 1.70. The number of fused-ring (bicyclic) bond motifs is 1. The van der Waals surface area contributed by atoms with E-state index in [9.17, 15) is 18.8 Å². The van der Waals surface area contributed by atoms with E-state index >= 15 is 0 Å². The number of nitrogens with one attached hydrogen (secondary N) is 2. The van der Waals surface area contributed by atoms with Gasteiger partial charge in [0.05, 0.1) is 15.1 Å². The first-order valence-corrected chi connectivity index (χ1v) is 13.4. The molecule has 0 aliphatic heterocycles. The van der Waals surface area contributed by atoms with Crippen molar-refractivity contribution in [2.24, 2.45) is 0 Å². The average Bonchev–Trinajstić information content (AvgIpc) is 3.56. The second-order valence-electron chi connectivity index (χ2n) is 9.29. The van der Waals surface area contributed by atoms with E-state index in [-0.39, 0.29) is 35.8 Å². The van der Waals surface area contributed by atoms with E-state index in [1.165, 1.54) is 36.6 Å². The maximum Gasteiger partial charge on any atom is 0.319 e. The number of carbonyl (C=O) groups is 3. The Balaban J connectivity index is 1.43. The monoisotopic (exact) mass is 542 g/mol. The molecule has 2 aromatic heterocycles. The number of benzene rings is 1. The summed E-state index contributed by atoms with van der Waals surface area (Å²) in [6.45, 7) is 3.82. The fraction of sp³-hybridized carbons (Fsp3) is 0.407. The maximum atomic E-state index is 14.8. The SMILES string of the molecule is CCCC(CCN(C)C(=O)c1cc2nccc(Oc3ccc(NC(=O)NC4CC4)cc3F)c2s1)OC(C)=O. The van der Waals surface area contributed by atoms with Gasteiger partial charge in [-0.25, -0.2) is 9.18 Å². The van der Waals surface area contributed by atoms with E-state index < -0.39 is 5.82 Å². The lowest BCUT2D eigenvalue weighted by molar-refractivity contribution is -0.147. The first-order valence-electron chi connectivity index (χ1n) is 12.6. The first kappa shape index (κ1) is 27.3. The maximum absolute atomic E-state index is 14.8. The third-order valence-corrected chi connectivity index (χ3v) is 7.11. The number of pyridine rings is 1. The molecule has 1 aliphatic rings. The van der Waals surface area contributed by atoms with Crippen LogP contribution in [0.3, 0.4) is 0 Å². The number of anilines is 1. The van der Waals surface area contributed by atoms with Crippen molar-refractivity contribution in [3.05, 3.63) is 47.2 Å². The predicted molar refractivity (Wildman–Crippen MR) is 143 cm³/mol. The number of thiophene rings is 1. The number of amides is 3. The van der Waals surface area contributed by atoms with Crippen LogP contribution in [0.2, 0.25) is 0 Å². The smallest absolute Gasteiger partial charge is 0.319 e. The molecule has 1 fully saturated rings. The van der Waals surface area contributed by atoms with Gasteiger partial charge in [0.15, 0.2) is 11.6 Å². The molecule has 1 atom stereocenters. The largest absolute Gasteiger partial charge is 0.462 e. The lowest BCUT2D eigenvalue weighted by Gasteiger charge is -2.21. The van der Waals surface area contributed by atoms with Crippen LogP contribution in [0, 0.1) is 5.82 Å². The summed E-state index contributed by atoms with van der Waals surface area (Å²) in [5, 5.41) is 5.40. The Morgan fingerprint density at radius 3 is 2.66 bits per heavy atom. The summed E-state index contributed by atoms with van der Waals surface area (Å²) in [6.07, 6.45) is 5.35. The lowest BCUT2D eigenvalue weighted by Crippen LogP contribution is -2.30.